The molecule has 0 radical (unpaired) electrons. The summed E-state index contributed by atoms with van der Waals surface area (Å²) in [5.41, 5.74) is 4.09. The number of pyridine rings is 1. The molecule has 0 atom stereocenters. The van der Waals surface area contributed by atoms with Crippen molar-refractivity contribution in [3.05, 3.63) is 23.7 Å². The SMILES string of the molecule is COCCNc1ncnc2c1oc1nc(C)c(C)cc12. The highest BCUT2D eigenvalue weighted by atomic mass is 16.5. The summed E-state index contributed by atoms with van der Waals surface area (Å²) in [5, 5.41) is 4.10. The first-order chi connectivity index (χ1) is 9.70. The van der Waals surface area contributed by atoms with E-state index >= 15 is 0 Å². The number of rotatable bonds is 4. The number of hydrogen-bond acceptors (Lipinski definition) is 6. The van der Waals surface area contributed by atoms with Crippen molar-refractivity contribution in [1.29, 1.82) is 0 Å². The summed E-state index contributed by atoms with van der Waals surface area (Å²) in [6, 6.07) is 2.05. The molecule has 3 aromatic heterocycles. The van der Waals surface area contributed by atoms with Crippen LogP contribution in [0.2, 0.25) is 0 Å². The number of hydrogen-bond donors (Lipinski definition) is 1. The van der Waals surface area contributed by atoms with Crippen molar-refractivity contribution in [2.24, 2.45) is 0 Å². The number of nitrogens with zero attached hydrogens (tertiary/aromatic N) is 3. The number of aryl methyl sites for hydroxylation is 2. The Morgan fingerprint density at radius 3 is 2.95 bits per heavy atom. The minimum Gasteiger partial charge on any atom is -0.432 e. The number of aromatic nitrogens is 3. The molecule has 0 unspecified atom stereocenters. The Hall–Kier alpha value is -2.21. The molecule has 0 aliphatic rings. The average molecular weight is 272 g/mol. The standard InChI is InChI=1S/C14H16N4O2/c1-8-6-10-11-12(20-14(10)18-9(8)2)13(17-7-16-11)15-4-5-19-3/h6-7H,4-5H2,1-3H3,(H,15,16,17). The number of fused-ring (bicyclic) bond motifs is 3. The van der Waals surface area contributed by atoms with Crippen LogP contribution in [0, 0.1) is 13.8 Å². The number of ether oxygens (including phenoxy) is 1. The number of furan rings is 1. The molecule has 20 heavy (non-hydrogen) atoms. The molecule has 0 aliphatic heterocycles. The predicted octanol–water partition coefficient (Wildman–Crippen LogP) is 2.45. The lowest BCUT2D eigenvalue weighted by Crippen LogP contribution is -2.08. The topological polar surface area (TPSA) is 73.1 Å². The van der Waals surface area contributed by atoms with Gasteiger partial charge >= 0.3 is 0 Å². The molecule has 104 valence electrons. The van der Waals surface area contributed by atoms with Gasteiger partial charge in [-0.1, -0.05) is 0 Å². The Labute approximate surface area is 116 Å². The van der Waals surface area contributed by atoms with Gasteiger partial charge in [0.25, 0.3) is 0 Å². The highest BCUT2D eigenvalue weighted by Gasteiger charge is 2.14. The maximum atomic E-state index is 5.81. The van der Waals surface area contributed by atoms with E-state index in [-0.39, 0.29) is 0 Å². The molecule has 0 aliphatic carbocycles. The van der Waals surface area contributed by atoms with E-state index in [2.05, 4.69) is 26.3 Å². The van der Waals surface area contributed by atoms with Crippen molar-refractivity contribution in [3.8, 4) is 0 Å². The fourth-order valence-corrected chi connectivity index (χ4v) is 2.09. The lowest BCUT2D eigenvalue weighted by Gasteiger charge is -2.03. The first-order valence-corrected chi connectivity index (χ1v) is 6.45. The van der Waals surface area contributed by atoms with Crippen LogP contribution in [0.1, 0.15) is 11.3 Å². The van der Waals surface area contributed by atoms with Gasteiger partial charge in [-0.25, -0.2) is 15.0 Å². The van der Waals surface area contributed by atoms with Crippen molar-refractivity contribution in [1.82, 2.24) is 15.0 Å². The third-order valence-electron chi connectivity index (χ3n) is 3.29. The third kappa shape index (κ3) is 2.08. The molecule has 0 fully saturated rings. The van der Waals surface area contributed by atoms with E-state index in [1.165, 1.54) is 6.33 Å². The lowest BCUT2D eigenvalue weighted by molar-refractivity contribution is 0.210. The summed E-state index contributed by atoms with van der Waals surface area (Å²) in [6.07, 6.45) is 1.53. The molecule has 0 spiro atoms. The van der Waals surface area contributed by atoms with E-state index in [9.17, 15) is 0 Å². The Bertz CT molecular complexity index is 767. The summed E-state index contributed by atoms with van der Waals surface area (Å²) < 4.78 is 10.8. The van der Waals surface area contributed by atoms with Crippen LogP contribution in [0.3, 0.4) is 0 Å². The lowest BCUT2D eigenvalue weighted by atomic mass is 10.2. The van der Waals surface area contributed by atoms with E-state index in [4.69, 9.17) is 9.15 Å². The second kappa shape index (κ2) is 5.05. The summed E-state index contributed by atoms with van der Waals surface area (Å²) in [4.78, 5) is 13.0. The monoisotopic (exact) mass is 272 g/mol. The van der Waals surface area contributed by atoms with Crippen LogP contribution in [0.25, 0.3) is 22.2 Å². The summed E-state index contributed by atoms with van der Waals surface area (Å²) in [7, 11) is 1.66. The molecular weight excluding hydrogens is 256 g/mol. The molecule has 0 amide bonds. The van der Waals surface area contributed by atoms with Crippen molar-refractivity contribution < 1.29 is 9.15 Å². The first-order valence-electron chi connectivity index (χ1n) is 6.45. The smallest absolute Gasteiger partial charge is 0.229 e. The number of methoxy groups -OCH3 is 1. The summed E-state index contributed by atoms with van der Waals surface area (Å²) in [6.45, 7) is 5.25. The molecule has 3 rings (SSSR count). The quantitative estimate of drug-likeness (QED) is 0.735. The maximum absolute atomic E-state index is 5.81. The zero-order valence-corrected chi connectivity index (χ0v) is 11.7. The van der Waals surface area contributed by atoms with E-state index in [0.717, 1.165) is 22.2 Å². The van der Waals surface area contributed by atoms with Gasteiger partial charge in [0.2, 0.25) is 5.71 Å². The normalized spacial score (nSPS) is 11.3. The van der Waals surface area contributed by atoms with Gasteiger partial charge in [-0.05, 0) is 25.5 Å². The number of anilines is 1. The second-order valence-electron chi connectivity index (χ2n) is 4.67. The Morgan fingerprint density at radius 2 is 2.15 bits per heavy atom. The number of nitrogens with one attached hydrogen (secondary N) is 1. The highest BCUT2D eigenvalue weighted by Crippen LogP contribution is 2.30. The molecule has 0 aromatic carbocycles. The molecule has 0 saturated heterocycles. The van der Waals surface area contributed by atoms with Crippen LogP contribution in [-0.4, -0.2) is 35.2 Å². The van der Waals surface area contributed by atoms with E-state index in [0.29, 0.717) is 30.3 Å². The molecule has 0 saturated carbocycles. The summed E-state index contributed by atoms with van der Waals surface area (Å²) >= 11 is 0. The van der Waals surface area contributed by atoms with Gasteiger partial charge in [0, 0.05) is 19.3 Å². The third-order valence-corrected chi connectivity index (χ3v) is 3.29. The Balaban J connectivity index is 2.14. The molecule has 3 aromatic rings. The van der Waals surface area contributed by atoms with Crippen molar-refractivity contribution in [3.63, 3.8) is 0 Å². The van der Waals surface area contributed by atoms with Crippen LogP contribution in [0.15, 0.2) is 16.8 Å². The predicted molar refractivity (Wildman–Crippen MR) is 76.9 cm³/mol. The maximum Gasteiger partial charge on any atom is 0.229 e. The van der Waals surface area contributed by atoms with Gasteiger partial charge in [-0.3, -0.25) is 0 Å². The second-order valence-corrected chi connectivity index (χ2v) is 4.67. The van der Waals surface area contributed by atoms with Crippen molar-refractivity contribution in [2.45, 2.75) is 13.8 Å². The highest BCUT2D eigenvalue weighted by molar-refractivity contribution is 6.04. The Kier molecular flexibility index (Phi) is 3.23. The van der Waals surface area contributed by atoms with E-state index in [1.54, 1.807) is 7.11 Å². The van der Waals surface area contributed by atoms with Crippen LogP contribution in [0.4, 0.5) is 5.82 Å². The molecule has 0 bridgehead atoms. The zero-order valence-electron chi connectivity index (χ0n) is 11.7. The van der Waals surface area contributed by atoms with Crippen molar-refractivity contribution in [2.75, 3.05) is 25.6 Å². The molecule has 3 heterocycles. The molecule has 6 heteroatoms. The summed E-state index contributed by atoms with van der Waals surface area (Å²) in [5.74, 6) is 0.667. The van der Waals surface area contributed by atoms with E-state index < -0.39 is 0 Å². The average Bonchev–Trinajstić information content (AvgIpc) is 2.78. The van der Waals surface area contributed by atoms with Crippen LogP contribution in [-0.2, 0) is 4.74 Å². The largest absolute Gasteiger partial charge is 0.432 e. The van der Waals surface area contributed by atoms with Crippen LogP contribution >= 0.6 is 0 Å². The minimum atomic E-state index is 0.596. The minimum absolute atomic E-state index is 0.596. The zero-order chi connectivity index (χ0) is 14.1. The van der Waals surface area contributed by atoms with Gasteiger partial charge in [0.05, 0.1) is 12.0 Å². The van der Waals surface area contributed by atoms with Gasteiger partial charge in [-0.2, -0.15) is 0 Å². The fourth-order valence-electron chi connectivity index (χ4n) is 2.09. The molecular formula is C14H16N4O2. The molecule has 6 nitrogen and oxygen atoms in total. The fraction of sp³-hybridized carbons (Fsp3) is 0.357. The van der Waals surface area contributed by atoms with Gasteiger partial charge in [0.1, 0.15) is 11.8 Å². The van der Waals surface area contributed by atoms with Crippen LogP contribution in [0.5, 0.6) is 0 Å². The van der Waals surface area contributed by atoms with Crippen LogP contribution < -0.4 is 5.32 Å². The van der Waals surface area contributed by atoms with Crippen molar-refractivity contribution >= 4 is 28.0 Å². The first kappa shape index (κ1) is 12.8. The van der Waals surface area contributed by atoms with E-state index in [1.807, 2.05) is 13.8 Å². The Morgan fingerprint density at radius 1 is 1.30 bits per heavy atom. The van der Waals surface area contributed by atoms with Gasteiger partial charge in [-0.15, -0.1) is 0 Å². The van der Waals surface area contributed by atoms with Gasteiger partial charge in [0.15, 0.2) is 11.4 Å². The van der Waals surface area contributed by atoms with Gasteiger partial charge < -0.3 is 14.5 Å². The molecule has 1 N–H and O–H groups in total.